The summed E-state index contributed by atoms with van der Waals surface area (Å²) in [6.45, 7) is 0. The van der Waals surface area contributed by atoms with Gasteiger partial charge in [-0.3, -0.25) is 0 Å². The van der Waals surface area contributed by atoms with Crippen molar-refractivity contribution in [3.63, 3.8) is 0 Å². The average molecular weight is 690 g/mol. The maximum Gasteiger partial charge on any atom is 0.143 e. The predicted molar refractivity (Wildman–Crippen MR) is 228 cm³/mol. The topological polar surface area (TPSA) is 16.4 Å². The zero-order chi connectivity index (χ0) is 35.8. The molecular formula is C52H35NO. The SMILES string of the molecule is c1ccc(-c2ccc(-c3c4ccccc4cc4c3oc3cc(-c5ccc(N(c6ccccc6)c6ccc(-c7ccccc7)cc6)cc5)ccc34)cc2)cc1. The number of nitrogens with zero attached hydrogens (tertiary/aromatic N) is 1. The molecule has 0 unspecified atom stereocenters. The van der Waals surface area contributed by atoms with Crippen LogP contribution in [-0.4, -0.2) is 0 Å². The maximum absolute atomic E-state index is 6.83. The second-order valence-corrected chi connectivity index (χ2v) is 13.7. The Morgan fingerprint density at radius 3 is 1.35 bits per heavy atom. The fourth-order valence-corrected chi connectivity index (χ4v) is 7.76. The molecule has 1 heterocycles. The van der Waals surface area contributed by atoms with Crippen molar-refractivity contribution in [2.75, 3.05) is 4.90 Å². The highest BCUT2D eigenvalue weighted by atomic mass is 16.3. The molecule has 0 amide bonds. The van der Waals surface area contributed by atoms with Crippen LogP contribution in [0.5, 0.6) is 0 Å². The number of rotatable bonds is 7. The Hall–Kier alpha value is -7.16. The molecule has 0 aliphatic carbocycles. The molecule has 0 N–H and O–H groups in total. The van der Waals surface area contributed by atoms with Gasteiger partial charge in [-0.1, -0.05) is 158 Å². The summed E-state index contributed by atoms with van der Waals surface area (Å²) in [5, 5.41) is 4.63. The maximum atomic E-state index is 6.83. The summed E-state index contributed by atoms with van der Waals surface area (Å²) in [4.78, 5) is 2.31. The standard InChI is InChI=1S/C52H35NO/c1-4-12-36(13-5-1)38-20-22-41(23-21-38)51-47-19-11-10-16-43(47)34-49-48-33-28-42(35-50(48)54-52(49)51)40-26-31-46(32-27-40)53(44-17-8-3-9-18-44)45-29-24-39(25-30-45)37-14-6-2-7-15-37/h1-35H. The third-order valence-corrected chi connectivity index (χ3v) is 10.5. The third-order valence-electron chi connectivity index (χ3n) is 10.5. The van der Waals surface area contributed by atoms with Gasteiger partial charge in [-0.25, -0.2) is 0 Å². The Bertz CT molecular complexity index is 2880. The molecule has 0 fully saturated rings. The monoisotopic (exact) mass is 689 g/mol. The van der Waals surface area contributed by atoms with E-state index >= 15 is 0 Å². The van der Waals surface area contributed by atoms with Gasteiger partial charge in [0.25, 0.3) is 0 Å². The summed E-state index contributed by atoms with van der Waals surface area (Å²) < 4.78 is 6.83. The number of fused-ring (bicyclic) bond motifs is 4. The van der Waals surface area contributed by atoms with E-state index in [0.717, 1.165) is 61.3 Å². The first-order chi connectivity index (χ1) is 26.8. The Balaban J connectivity index is 1.02. The molecule has 0 radical (unpaired) electrons. The summed E-state index contributed by atoms with van der Waals surface area (Å²) in [5.74, 6) is 0. The lowest BCUT2D eigenvalue weighted by Crippen LogP contribution is -2.09. The van der Waals surface area contributed by atoms with E-state index in [9.17, 15) is 0 Å². The Morgan fingerprint density at radius 2 is 0.741 bits per heavy atom. The van der Waals surface area contributed by atoms with Gasteiger partial charge in [0.05, 0.1) is 0 Å². The van der Waals surface area contributed by atoms with Crippen LogP contribution in [-0.2, 0) is 0 Å². The molecule has 1 aromatic heterocycles. The number of benzene rings is 9. The lowest BCUT2D eigenvalue weighted by Gasteiger charge is -2.26. The van der Waals surface area contributed by atoms with Crippen LogP contribution in [0.2, 0.25) is 0 Å². The summed E-state index contributed by atoms with van der Waals surface area (Å²) in [6, 6.07) is 75.6. The first-order valence-electron chi connectivity index (χ1n) is 18.4. The Labute approximate surface area is 314 Å². The molecule has 0 saturated heterocycles. The first kappa shape index (κ1) is 31.6. The van der Waals surface area contributed by atoms with Crippen molar-refractivity contribution in [1.82, 2.24) is 0 Å². The zero-order valence-electron chi connectivity index (χ0n) is 29.6. The van der Waals surface area contributed by atoms with Crippen LogP contribution in [0.25, 0.3) is 77.2 Å². The van der Waals surface area contributed by atoms with E-state index in [2.05, 4.69) is 217 Å². The van der Waals surface area contributed by atoms with E-state index in [1.165, 1.54) is 33.0 Å². The van der Waals surface area contributed by atoms with Crippen molar-refractivity contribution in [2.45, 2.75) is 0 Å². The molecule has 54 heavy (non-hydrogen) atoms. The van der Waals surface area contributed by atoms with Crippen molar-refractivity contribution >= 4 is 49.8 Å². The number of anilines is 3. The van der Waals surface area contributed by atoms with Gasteiger partial charge in [-0.2, -0.15) is 0 Å². The minimum absolute atomic E-state index is 0.883. The fraction of sp³-hybridized carbons (Fsp3) is 0. The number of furan rings is 1. The molecule has 2 heteroatoms. The van der Waals surface area contributed by atoms with Crippen LogP contribution in [0, 0.1) is 0 Å². The quantitative estimate of drug-likeness (QED) is 0.166. The van der Waals surface area contributed by atoms with Gasteiger partial charge in [-0.15, -0.1) is 0 Å². The van der Waals surface area contributed by atoms with Crippen LogP contribution in [0.15, 0.2) is 217 Å². The highest BCUT2D eigenvalue weighted by Crippen LogP contribution is 2.43. The van der Waals surface area contributed by atoms with Gasteiger partial charge in [0.15, 0.2) is 0 Å². The Morgan fingerprint density at radius 1 is 0.296 bits per heavy atom. The van der Waals surface area contributed by atoms with Crippen LogP contribution in [0.3, 0.4) is 0 Å². The lowest BCUT2D eigenvalue weighted by molar-refractivity contribution is 0.670. The van der Waals surface area contributed by atoms with Crippen LogP contribution in [0.4, 0.5) is 17.1 Å². The van der Waals surface area contributed by atoms with E-state index in [1.54, 1.807) is 0 Å². The molecule has 0 aliphatic heterocycles. The zero-order valence-corrected chi connectivity index (χ0v) is 29.6. The molecule has 0 spiro atoms. The van der Waals surface area contributed by atoms with E-state index < -0.39 is 0 Å². The van der Waals surface area contributed by atoms with E-state index in [-0.39, 0.29) is 0 Å². The van der Waals surface area contributed by atoms with E-state index in [4.69, 9.17) is 4.42 Å². The highest BCUT2D eigenvalue weighted by Gasteiger charge is 2.18. The normalized spacial score (nSPS) is 11.3. The van der Waals surface area contributed by atoms with Gasteiger partial charge < -0.3 is 9.32 Å². The summed E-state index contributed by atoms with van der Waals surface area (Å²) >= 11 is 0. The first-order valence-corrected chi connectivity index (χ1v) is 18.4. The van der Waals surface area contributed by atoms with Crippen molar-refractivity contribution in [3.8, 4) is 44.5 Å². The predicted octanol–water partition coefficient (Wildman–Crippen LogP) is 14.9. The lowest BCUT2D eigenvalue weighted by atomic mass is 9.93. The second kappa shape index (κ2) is 13.4. The largest absolute Gasteiger partial charge is 0.455 e. The summed E-state index contributed by atoms with van der Waals surface area (Å²) in [7, 11) is 0. The van der Waals surface area contributed by atoms with Crippen LogP contribution < -0.4 is 4.90 Å². The van der Waals surface area contributed by atoms with Gasteiger partial charge in [0.1, 0.15) is 11.2 Å². The van der Waals surface area contributed by atoms with Gasteiger partial charge in [0, 0.05) is 33.4 Å². The average Bonchev–Trinajstić information content (AvgIpc) is 3.62. The minimum Gasteiger partial charge on any atom is -0.455 e. The minimum atomic E-state index is 0.883. The fourth-order valence-electron chi connectivity index (χ4n) is 7.76. The summed E-state index contributed by atoms with van der Waals surface area (Å²) in [6.07, 6.45) is 0. The summed E-state index contributed by atoms with van der Waals surface area (Å²) in [5.41, 5.74) is 14.4. The number of para-hydroxylation sites is 1. The molecular weight excluding hydrogens is 655 g/mol. The molecule has 0 atom stereocenters. The van der Waals surface area contributed by atoms with Crippen LogP contribution in [0.1, 0.15) is 0 Å². The molecule has 0 aliphatic rings. The van der Waals surface area contributed by atoms with Crippen LogP contribution >= 0.6 is 0 Å². The second-order valence-electron chi connectivity index (χ2n) is 13.7. The van der Waals surface area contributed by atoms with E-state index in [1.807, 2.05) is 0 Å². The van der Waals surface area contributed by atoms with Crippen molar-refractivity contribution < 1.29 is 4.42 Å². The van der Waals surface area contributed by atoms with E-state index in [0.29, 0.717) is 0 Å². The van der Waals surface area contributed by atoms with Gasteiger partial charge in [0.2, 0.25) is 0 Å². The smallest absolute Gasteiger partial charge is 0.143 e. The molecule has 10 aromatic rings. The van der Waals surface area contributed by atoms with Crippen molar-refractivity contribution in [3.05, 3.63) is 212 Å². The molecule has 10 rings (SSSR count). The third kappa shape index (κ3) is 5.71. The van der Waals surface area contributed by atoms with Crippen molar-refractivity contribution in [1.29, 1.82) is 0 Å². The van der Waals surface area contributed by atoms with Gasteiger partial charge in [-0.05, 0) is 104 Å². The molecule has 2 nitrogen and oxygen atoms in total. The van der Waals surface area contributed by atoms with Gasteiger partial charge >= 0.3 is 0 Å². The molecule has 9 aromatic carbocycles. The van der Waals surface area contributed by atoms with Crippen molar-refractivity contribution in [2.24, 2.45) is 0 Å². The Kier molecular flexibility index (Phi) is 7.85. The molecule has 0 bridgehead atoms. The number of hydrogen-bond acceptors (Lipinski definition) is 2. The highest BCUT2D eigenvalue weighted by molar-refractivity contribution is 6.18. The molecule has 254 valence electrons. The molecule has 0 saturated carbocycles. The number of hydrogen-bond donors (Lipinski definition) is 0.